The molecule has 160 valence electrons. The third-order valence-corrected chi connectivity index (χ3v) is 6.46. The molecule has 4 rings (SSSR count). The average molecular weight is 445 g/mol. The summed E-state index contributed by atoms with van der Waals surface area (Å²) in [6.07, 6.45) is 6.10. The number of halogens is 1. The summed E-state index contributed by atoms with van der Waals surface area (Å²) < 4.78 is 0. The standard InChI is InChI=1S/C22H29ClN6S/c1-16-8-4-5-13-29(16)20-14-19(28-11-6-7-12-28)25-21(26-20)27-22(30)24-15-17-9-2-3-10-18(17)23/h2-3,9-10,14,16H,4-8,11-13,15H2,1H3,(H2,24,25,26,27,30)/t16-/m0/s1. The van der Waals surface area contributed by atoms with Gasteiger partial charge in [-0.15, -0.1) is 0 Å². The molecule has 2 fully saturated rings. The number of anilines is 3. The van der Waals surface area contributed by atoms with Gasteiger partial charge in [0.1, 0.15) is 11.6 Å². The van der Waals surface area contributed by atoms with Gasteiger partial charge in [0.25, 0.3) is 0 Å². The first-order chi connectivity index (χ1) is 14.6. The molecule has 2 N–H and O–H groups in total. The van der Waals surface area contributed by atoms with Crippen LogP contribution in [0.4, 0.5) is 17.6 Å². The maximum Gasteiger partial charge on any atom is 0.232 e. The Kier molecular flexibility index (Phi) is 6.89. The highest BCUT2D eigenvalue weighted by atomic mass is 35.5. The molecule has 30 heavy (non-hydrogen) atoms. The molecule has 2 saturated heterocycles. The van der Waals surface area contributed by atoms with E-state index in [1.807, 2.05) is 24.3 Å². The fourth-order valence-electron chi connectivity index (χ4n) is 4.13. The molecule has 0 amide bonds. The molecule has 0 saturated carbocycles. The lowest BCUT2D eigenvalue weighted by Crippen LogP contribution is -2.38. The number of nitrogens with zero attached hydrogens (tertiary/aromatic N) is 4. The largest absolute Gasteiger partial charge is 0.358 e. The van der Waals surface area contributed by atoms with Gasteiger partial charge in [-0.1, -0.05) is 29.8 Å². The van der Waals surface area contributed by atoms with E-state index < -0.39 is 0 Å². The Morgan fingerprint density at radius 1 is 1.10 bits per heavy atom. The highest BCUT2D eigenvalue weighted by Gasteiger charge is 2.23. The number of rotatable bonds is 5. The van der Waals surface area contributed by atoms with Crippen LogP contribution in [0.3, 0.4) is 0 Å². The molecule has 0 spiro atoms. The minimum atomic E-state index is 0.484. The molecular weight excluding hydrogens is 416 g/mol. The van der Waals surface area contributed by atoms with E-state index in [9.17, 15) is 0 Å². The van der Waals surface area contributed by atoms with Crippen molar-refractivity contribution in [3.8, 4) is 0 Å². The summed E-state index contributed by atoms with van der Waals surface area (Å²) in [4.78, 5) is 14.3. The SMILES string of the molecule is C[C@H]1CCCCN1c1cc(N2CCCC2)nc(NC(=S)NCc2ccccc2Cl)n1. The normalized spacial score (nSPS) is 19.1. The first kappa shape index (κ1) is 21.1. The van der Waals surface area contributed by atoms with E-state index >= 15 is 0 Å². The quantitative estimate of drug-likeness (QED) is 0.653. The third-order valence-electron chi connectivity index (χ3n) is 5.85. The summed E-state index contributed by atoms with van der Waals surface area (Å²) in [5, 5.41) is 7.62. The minimum Gasteiger partial charge on any atom is -0.358 e. The second-order valence-electron chi connectivity index (χ2n) is 8.04. The van der Waals surface area contributed by atoms with Gasteiger partial charge in [0.15, 0.2) is 5.11 Å². The molecule has 0 radical (unpaired) electrons. The Morgan fingerprint density at radius 3 is 2.60 bits per heavy atom. The predicted molar refractivity (Wildman–Crippen MR) is 129 cm³/mol. The van der Waals surface area contributed by atoms with Crippen molar-refractivity contribution >= 4 is 46.5 Å². The highest BCUT2D eigenvalue weighted by molar-refractivity contribution is 7.80. The minimum absolute atomic E-state index is 0.484. The predicted octanol–water partition coefficient (Wildman–Crippen LogP) is 4.60. The lowest BCUT2D eigenvalue weighted by molar-refractivity contribution is 0.481. The van der Waals surface area contributed by atoms with Crippen LogP contribution in [0, 0.1) is 0 Å². The summed E-state index contributed by atoms with van der Waals surface area (Å²) in [6, 6.07) is 10.4. The molecule has 2 aliphatic rings. The summed E-state index contributed by atoms with van der Waals surface area (Å²) in [5.41, 5.74) is 0.998. The van der Waals surface area contributed by atoms with Crippen LogP contribution in [-0.4, -0.2) is 40.8 Å². The van der Waals surface area contributed by atoms with Gasteiger partial charge in [-0.25, -0.2) is 0 Å². The first-order valence-corrected chi connectivity index (χ1v) is 11.6. The molecule has 2 aromatic rings. The zero-order valence-corrected chi connectivity index (χ0v) is 19.0. The van der Waals surface area contributed by atoms with E-state index in [1.54, 1.807) is 0 Å². The fourth-order valence-corrected chi connectivity index (χ4v) is 4.50. The number of hydrogen-bond acceptors (Lipinski definition) is 5. The Labute approximate surface area is 189 Å². The molecule has 2 aliphatic heterocycles. The van der Waals surface area contributed by atoms with Crippen LogP contribution in [0.1, 0.15) is 44.6 Å². The first-order valence-electron chi connectivity index (χ1n) is 10.8. The van der Waals surface area contributed by atoms with E-state index in [1.165, 1.54) is 32.1 Å². The number of piperidine rings is 1. The zero-order valence-electron chi connectivity index (χ0n) is 17.4. The molecule has 1 atom stereocenters. The highest BCUT2D eigenvalue weighted by Crippen LogP contribution is 2.28. The number of aromatic nitrogens is 2. The van der Waals surface area contributed by atoms with Gasteiger partial charge in [-0.05, 0) is 62.9 Å². The van der Waals surface area contributed by atoms with E-state index in [0.29, 0.717) is 23.6 Å². The van der Waals surface area contributed by atoms with Crippen LogP contribution >= 0.6 is 23.8 Å². The van der Waals surface area contributed by atoms with Crippen LogP contribution < -0.4 is 20.4 Å². The maximum atomic E-state index is 6.24. The maximum absolute atomic E-state index is 6.24. The van der Waals surface area contributed by atoms with Gasteiger partial charge in [0, 0.05) is 43.3 Å². The van der Waals surface area contributed by atoms with Crippen LogP contribution in [0.2, 0.25) is 5.02 Å². The van der Waals surface area contributed by atoms with E-state index in [0.717, 1.165) is 41.9 Å². The molecule has 0 aliphatic carbocycles. The lowest BCUT2D eigenvalue weighted by Gasteiger charge is -2.35. The van der Waals surface area contributed by atoms with Crippen molar-refractivity contribution in [1.82, 2.24) is 15.3 Å². The number of thiocarbonyl (C=S) groups is 1. The van der Waals surface area contributed by atoms with Crippen LogP contribution in [0.25, 0.3) is 0 Å². The summed E-state index contributed by atoms with van der Waals surface area (Å²) in [6.45, 7) is 5.95. The number of benzene rings is 1. The van der Waals surface area contributed by atoms with Crippen molar-refractivity contribution < 1.29 is 0 Å². The zero-order chi connectivity index (χ0) is 20.9. The van der Waals surface area contributed by atoms with Crippen LogP contribution in [-0.2, 0) is 6.54 Å². The Morgan fingerprint density at radius 2 is 1.83 bits per heavy atom. The van der Waals surface area contributed by atoms with Gasteiger partial charge in [0.2, 0.25) is 5.95 Å². The lowest BCUT2D eigenvalue weighted by atomic mass is 10.0. The van der Waals surface area contributed by atoms with E-state index in [4.69, 9.17) is 33.8 Å². The Hall–Kier alpha value is -2.12. The van der Waals surface area contributed by atoms with Gasteiger partial charge >= 0.3 is 0 Å². The summed E-state index contributed by atoms with van der Waals surface area (Å²) in [7, 11) is 0. The second-order valence-corrected chi connectivity index (χ2v) is 8.85. The van der Waals surface area contributed by atoms with Crippen molar-refractivity contribution in [3.63, 3.8) is 0 Å². The van der Waals surface area contributed by atoms with Crippen LogP contribution in [0.15, 0.2) is 30.3 Å². The molecule has 0 bridgehead atoms. The topological polar surface area (TPSA) is 56.3 Å². The summed E-state index contributed by atoms with van der Waals surface area (Å²) >= 11 is 11.7. The van der Waals surface area contributed by atoms with Gasteiger partial charge in [-0.3, -0.25) is 0 Å². The molecule has 6 nitrogen and oxygen atoms in total. The van der Waals surface area contributed by atoms with Crippen molar-refractivity contribution in [1.29, 1.82) is 0 Å². The molecule has 8 heteroatoms. The monoisotopic (exact) mass is 444 g/mol. The van der Waals surface area contributed by atoms with Crippen molar-refractivity contribution in [2.45, 2.75) is 51.6 Å². The van der Waals surface area contributed by atoms with Crippen molar-refractivity contribution in [2.24, 2.45) is 0 Å². The molecule has 3 heterocycles. The van der Waals surface area contributed by atoms with Crippen molar-refractivity contribution in [2.75, 3.05) is 34.8 Å². The number of hydrogen-bond donors (Lipinski definition) is 2. The fraction of sp³-hybridized carbons (Fsp3) is 0.500. The molecule has 0 unspecified atom stereocenters. The van der Waals surface area contributed by atoms with E-state index in [2.05, 4.69) is 33.4 Å². The average Bonchev–Trinajstić information content (AvgIpc) is 3.28. The molecular formula is C22H29ClN6S. The van der Waals surface area contributed by atoms with Crippen molar-refractivity contribution in [3.05, 3.63) is 40.9 Å². The molecule has 1 aromatic heterocycles. The molecule has 1 aromatic carbocycles. The Bertz CT molecular complexity index is 886. The van der Waals surface area contributed by atoms with Gasteiger partial charge in [-0.2, -0.15) is 9.97 Å². The summed E-state index contributed by atoms with van der Waals surface area (Å²) in [5.74, 6) is 2.51. The van der Waals surface area contributed by atoms with E-state index in [-0.39, 0.29) is 0 Å². The van der Waals surface area contributed by atoms with Gasteiger partial charge in [0.05, 0.1) is 0 Å². The smallest absolute Gasteiger partial charge is 0.232 e. The number of nitrogens with one attached hydrogen (secondary N) is 2. The second kappa shape index (κ2) is 9.79. The van der Waals surface area contributed by atoms with Gasteiger partial charge < -0.3 is 20.4 Å². The van der Waals surface area contributed by atoms with Crippen LogP contribution in [0.5, 0.6) is 0 Å². The Balaban J connectivity index is 1.50. The third kappa shape index (κ3) is 5.13.